The fourth-order valence-corrected chi connectivity index (χ4v) is 2.73. The van der Waals surface area contributed by atoms with Crippen LogP contribution in [0.25, 0.3) is 0 Å². The lowest BCUT2D eigenvalue weighted by Crippen LogP contribution is -2.10. The fourth-order valence-electron chi connectivity index (χ4n) is 1.76. The maximum Gasteiger partial charge on any atom is 0.249 e. The van der Waals surface area contributed by atoms with Crippen LogP contribution in [-0.2, 0) is 0 Å². The van der Waals surface area contributed by atoms with Crippen molar-refractivity contribution in [2.24, 2.45) is 0 Å². The van der Waals surface area contributed by atoms with Crippen molar-refractivity contribution >= 4 is 17.5 Å². The quantitative estimate of drug-likeness (QED) is 0.696. The topological polar surface area (TPSA) is 73.7 Å². The second-order valence-electron chi connectivity index (χ2n) is 4.35. The molecule has 0 amide bonds. The first kappa shape index (κ1) is 15.0. The van der Waals surface area contributed by atoms with Gasteiger partial charge >= 0.3 is 0 Å². The number of thioether (sulfide) groups is 1. The molecule has 4 nitrogen and oxygen atoms in total. The summed E-state index contributed by atoms with van der Waals surface area (Å²) in [5.74, 6) is -0.556. The number of pyridine rings is 1. The van der Waals surface area contributed by atoms with E-state index in [1.54, 1.807) is 6.92 Å². The van der Waals surface area contributed by atoms with Gasteiger partial charge < -0.3 is 4.98 Å². The maximum absolute atomic E-state index is 12.8. The molecule has 2 rings (SSSR count). The predicted molar refractivity (Wildman–Crippen MR) is 78.0 cm³/mol. The molecule has 0 bridgehead atoms. The van der Waals surface area contributed by atoms with Gasteiger partial charge in [0.1, 0.15) is 11.9 Å². The van der Waals surface area contributed by atoms with E-state index in [0.29, 0.717) is 21.7 Å². The van der Waals surface area contributed by atoms with Gasteiger partial charge in [0.05, 0.1) is 16.3 Å². The van der Waals surface area contributed by atoms with Crippen molar-refractivity contribution in [2.45, 2.75) is 11.9 Å². The highest BCUT2D eigenvalue weighted by Crippen LogP contribution is 2.22. The number of rotatable bonds is 4. The first-order valence-electron chi connectivity index (χ1n) is 6.07. The first-order chi connectivity index (χ1) is 10.0. The van der Waals surface area contributed by atoms with Crippen LogP contribution in [0, 0.1) is 24.1 Å². The number of aromatic nitrogens is 1. The number of ketones is 1. The molecule has 0 atom stereocenters. The van der Waals surface area contributed by atoms with Gasteiger partial charge in [-0.1, -0.05) is 11.8 Å². The lowest BCUT2D eigenvalue weighted by Gasteiger charge is -2.05. The standard InChI is InChI=1S/C15H11FN2O2S/c1-9-6-14(20)18-15(12(9)7-17)21-8-13(19)10-2-4-11(16)5-3-10/h2-6H,8H2,1H3,(H,18,20). The minimum absolute atomic E-state index is 0.0553. The Hall–Kier alpha value is -2.39. The number of carbonyl (C=O) groups excluding carboxylic acids is 1. The first-order valence-corrected chi connectivity index (χ1v) is 7.05. The van der Waals surface area contributed by atoms with E-state index in [-0.39, 0.29) is 17.1 Å². The molecule has 2 aromatic rings. The molecule has 1 aromatic heterocycles. The average molecular weight is 302 g/mol. The molecule has 0 aliphatic heterocycles. The Bertz CT molecular complexity index is 776. The summed E-state index contributed by atoms with van der Waals surface area (Å²) >= 11 is 1.09. The van der Waals surface area contributed by atoms with Crippen molar-refractivity contribution in [3.05, 3.63) is 63.2 Å². The largest absolute Gasteiger partial charge is 0.316 e. The molecular formula is C15H11FN2O2S. The van der Waals surface area contributed by atoms with E-state index in [1.807, 2.05) is 6.07 Å². The third kappa shape index (κ3) is 3.58. The van der Waals surface area contributed by atoms with Gasteiger partial charge in [-0.15, -0.1) is 0 Å². The molecule has 0 fully saturated rings. The third-order valence-electron chi connectivity index (χ3n) is 2.83. The maximum atomic E-state index is 12.8. The summed E-state index contributed by atoms with van der Waals surface area (Å²) in [5.41, 5.74) is 0.991. The van der Waals surface area contributed by atoms with Crippen molar-refractivity contribution in [1.29, 1.82) is 5.26 Å². The Kier molecular flexibility index (Phi) is 4.55. The molecule has 0 saturated carbocycles. The predicted octanol–water partition coefficient (Wildman–Crippen LogP) is 2.67. The van der Waals surface area contributed by atoms with Crippen molar-refractivity contribution in [2.75, 3.05) is 5.75 Å². The number of H-pyrrole nitrogens is 1. The number of nitrogens with one attached hydrogen (secondary N) is 1. The molecule has 0 radical (unpaired) electrons. The number of hydrogen-bond acceptors (Lipinski definition) is 4. The van der Waals surface area contributed by atoms with Gasteiger partial charge in [0.15, 0.2) is 5.78 Å². The lowest BCUT2D eigenvalue weighted by atomic mass is 10.1. The Morgan fingerprint density at radius 3 is 2.67 bits per heavy atom. The van der Waals surface area contributed by atoms with Gasteiger partial charge in [0.2, 0.25) is 5.56 Å². The molecule has 0 aliphatic carbocycles. The van der Waals surface area contributed by atoms with E-state index in [4.69, 9.17) is 5.26 Å². The number of nitrogens with zero attached hydrogens (tertiary/aromatic N) is 1. The highest BCUT2D eigenvalue weighted by atomic mass is 32.2. The van der Waals surface area contributed by atoms with E-state index in [9.17, 15) is 14.0 Å². The minimum Gasteiger partial charge on any atom is -0.316 e. The number of aryl methyl sites for hydroxylation is 1. The lowest BCUT2D eigenvalue weighted by molar-refractivity contribution is 0.102. The highest BCUT2D eigenvalue weighted by molar-refractivity contribution is 8.00. The Morgan fingerprint density at radius 2 is 2.05 bits per heavy atom. The molecule has 0 aliphatic rings. The van der Waals surface area contributed by atoms with Crippen LogP contribution in [0.15, 0.2) is 40.2 Å². The second-order valence-corrected chi connectivity index (χ2v) is 5.34. The molecule has 0 spiro atoms. The summed E-state index contributed by atoms with van der Waals surface area (Å²) in [6.07, 6.45) is 0. The number of carbonyl (C=O) groups is 1. The van der Waals surface area contributed by atoms with Crippen LogP contribution in [0.1, 0.15) is 21.5 Å². The fraction of sp³-hybridized carbons (Fsp3) is 0.133. The normalized spacial score (nSPS) is 10.1. The Balaban J connectivity index is 2.17. The van der Waals surface area contributed by atoms with E-state index in [2.05, 4.69) is 4.98 Å². The van der Waals surface area contributed by atoms with Crippen LogP contribution in [-0.4, -0.2) is 16.5 Å². The molecule has 1 N–H and O–H groups in total. The van der Waals surface area contributed by atoms with Crippen molar-refractivity contribution < 1.29 is 9.18 Å². The van der Waals surface area contributed by atoms with Gasteiger partial charge in [0.25, 0.3) is 0 Å². The SMILES string of the molecule is Cc1cc(=O)[nH]c(SCC(=O)c2ccc(F)cc2)c1C#N. The zero-order valence-corrected chi connectivity index (χ0v) is 12.0. The molecule has 106 valence electrons. The molecule has 21 heavy (non-hydrogen) atoms. The summed E-state index contributed by atoms with van der Waals surface area (Å²) in [7, 11) is 0. The zero-order valence-electron chi connectivity index (χ0n) is 11.1. The van der Waals surface area contributed by atoms with E-state index < -0.39 is 5.82 Å². The zero-order chi connectivity index (χ0) is 15.4. The van der Waals surface area contributed by atoms with Crippen LogP contribution in [0.5, 0.6) is 0 Å². The molecule has 1 heterocycles. The van der Waals surface area contributed by atoms with Crippen molar-refractivity contribution in [3.63, 3.8) is 0 Å². The van der Waals surface area contributed by atoms with Crippen LogP contribution in [0.4, 0.5) is 4.39 Å². The van der Waals surface area contributed by atoms with Gasteiger partial charge in [-0.05, 0) is 36.8 Å². The number of halogens is 1. The van der Waals surface area contributed by atoms with E-state index in [1.165, 1.54) is 30.3 Å². The average Bonchev–Trinajstić information content (AvgIpc) is 2.45. The smallest absolute Gasteiger partial charge is 0.249 e. The summed E-state index contributed by atoms with van der Waals surface area (Å²) in [4.78, 5) is 26.0. The van der Waals surface area contributed by atoms with Crippen molar-refractivity contribution in [1.82, 2.24) is 4.98 Å². The summed E-state index contributed by atoms with van der Waals surface area (Å²) < 4.78 is 12.8. The number of hydrogen-bond donors (Lipinski definition) is 1. The van der Waals surface area contributed by atoms with E-state index in [0.717, 1.165) is 11.8 Å². The number of Topliss-reactive ketones (excluding diaryl/α,β-unsaturated/α-hetero) is 1. The van der Waals surface area contributed by atoms with Gasteiger partial charge in [0, 0.05) is 11.6 Å². The van der Waals surface area contributed by atoms with E-state index >= 15 is 0 Å². The molecule has 6 heteroatoms. The van der Waals surface area contributed by atoms with Crippen molar-refractivity contribution in [3.8, 4) is 6.07 Å². The summed E-state index contributed by atoms with van der Waals surface area (Å²) in [6.45, 7) is 1.67. The van der Waals surface area contributed by atoms with Crippen LogP contribution < -0.4 is 5.56 Å². The Labute approximate surface area is 124 Å². The monoisotopic (exact) mass is 302 g/mol. The third-order valence-corrected chi connectivity index (χ3v) is 3.83. The summed E-state index contributed by atoms with van der Waals surface area (Å²) in [6, 6.07) is 8.59. The second kappa shape index (κ2) is 6.37. The number of benzene rings is 1. The molecule has 1 aromatic carbocycles. The number of nitriles is 1. The van der Waals surface area contributed by atoms with Gasteiger partial charge in [-0.2, -0.15) is 5.26 Å². The van der Waals surface area contributed by atoms with Crippen LogP contribution in [0.2, 0.25) is 0 Å². The molecular weight excluding hydrogens is 291 g/mol. The number of aromatic amines is 1. The summed E-state index contributed by atoms with van der Waals surface area (Å²) in [5, 5.41) is 9.46. The molecule has 0 saturated heterocycles. The highest BCUT2D eigenvalue weighted by Gasteiger charge is 2.12. The van der Waals surface area contributed by atoms with Crippen LogP contribution in [0.3, 0.4) is 0 Å². The molecule has 0 unspecified atom stereocenters. The van der Waals surface area contributed by atoms with Gasteiger partial charge in [-0.3, -0.25) is 9.59 Å². The Morgan fingerprint density at radius 1 is 1.38 bits per heavy atom. The van der Waals surface area contributed by atoms with Gasteiger partial charge in [-0.25, -0.2) is 4.39 Å². The minimum atomic E-state index is -0.408. The van der Waals surface area contributed by atoms with Crippen LogP contribution >= 0.6 is 11.8 Å².